The largest absolute Gasteiger partial charge is 0.480 e. The zero-order valence-corrected chi connectivity index (χ0v) is 16.0. The zero-order chi connectivity index (χ0) is 18.6. The molecule has 0 aromatic heterocycles. The summed E-state index contributed by atoms with van der Waals surface area (Å²) in [7, 11) is -3.10. The van der Waals surface area contributed by atoms with Crippen molar-refractivity contribution < 1.29 is 24.2 Å². The summed E-state index contributed by atoms with van der Waals surface area (Å²) < 4.78 is 10.6. The topological polar surface area (TPSA) is 156 Å². The van der Waals surface area contributed by atoms with Gasteiger partial charge in [0.1, 0.15) is 6.04 Å². The molecule has 0 fully saturated rings. The molecule has 0 saturated carbocycles. The zero-order valence-electron chi connectivity index (χ0n) is 13.6. The molecule has 0 saturated heterocycles. The lowest BCUT2D eigenvalue weighted by molar-refractivity contribution is -0.138. The monoisotopic (exact) mass is 405 g/mol. The molecule has 0 aliphatic rings. The minimum Gasteiger partial charge on any atom is -0.480 e. The highest BCUT2D eigenvalue weighted by Gasteiger charge is 2.18. The van der Waals surface area contributed by atoms with Gasteiger partial charge in [0.25, 0.3) is 5.91 Å². The van der Waals surface area contributed by atoms with Gasteiger partial charge in [-0.3, -0.25) is 14.2 Å². The molecule has 11 heteroatoms. The van der Waals surface area contributed by atoms with Crippen molar-refractivity contribution >= 4 is 42.4 Å². The van der Waals surface area contributed by atoms with Crippen LogP contribution in [0.3, 0.4) is 0 Å². The van der Waals surface area contributed by atoms with Gasteiger partial charge in [-0.15, -0.1) is 13.2 Å². The number of nitrogens with two attached hydrogens (primary N) is 1. The summed E-state index contributed by atoms with van der Waals surface area (Å²) in [6, 6.07) is -1.03. The van der Waals surface area contributed by atoms with Crippen molar-refractivity contribution in [2.24, 2.45) is 5.73 Å². The Morgan fingerprint density at radius 2 is 1.71 bits per heavy atom. The van der Waals surface area contributed by atoms with Crippen molar-refractivity contribution in [3.8, 4) is 0 Å². The molecule has 2 atom stereocenters. The SMILES string of the molecule is C=CCN(CC=C)C(=O)C(Cl)Cl.CP(=O)(O)CCC(N)C(=O)O.N. The molecule has 2 unspecified atom stereocenters. The van der Waals surface area contributed by atoms with Crippen LogP contribution in [0.25, 0.3) is 0 Å². The first-order valence-electron chi connectivity index (χ1n) is 6.52. The Morgan fingerprint density at radius 1 is 1.29 bits per heavy atom. The van der Waals surface area contributed by atoms with E-state index in [-0.39, 0.29) is 24.6 Å². The van der Waals surface area contributed by atoms with Gasteiger partial charge >= 0.3 is 5.97 Å². The number of hydrogen-bond acceptors (Lipinski definition) is 5. The second kappa shape index (κ2) is 14.5. The Hall–Kier alpha value is -0.890. The Morgan fingerprint density at radius 3 is 1.96 bits per heavy atom. The van der Waals surface area contributed by atoms with Crippen LogP contribution in [0.4, 0.5) is 0 Å². The van der Waals surface area contributed by atoms with Crippen LogP contribution in [0, 0.1) is 0 Å². The first-order valence-corrected chi connectivity index (χ1v) is 9.69. The molecule has 0 aromatic carbocycles. The highest BCUT2D eigenvalue weighted by molar-refractivity contribution is 7.57. The summed E-state index contributed by atoms with van der Waals surface area (Å²) in [4.78, 5) is 30.5. The number of halogens is 2. The number of carbonyl (C=O) groups is 2. The van der Waals surface area contributed by atoms with Gasteiger partial charge in [0.15, 0.2) is 12.2 Å². The standard InChI is InChI=1S/C8H11Cl2NO.C5H12NO4P.H3N/c1-3-5-11(6-4-2)8(12)7(9)10;1-11(9,10)3-2-4(6)5(7)8;/h3-4,7H,1-2,5-6H2;4H,2-3,6H2,1H3,(H,7,8)(H,9,10);1H3. The van der Waals surface area contributed by atoms with E-state index in [1.54, 1.807) is 12.2 Å². The number of alkyl halides is 2. The maximum absolute atomic E-state index is 11.2. The molecule has 142 valence electrons. The molecule has 8 nitrogen and oxygen atoms in total. The van der Waals surface area contributed by atoms with Crippen LogP contribution in [0.1, 0.15) is 6.42 Å². The summed E-state index contributed by atoms with van der Waals surface area (Å²) in [6.07, 6.45) is 3.22. The van der Waals surface area contributed by atoms with E-state index in [0.717, 1.165) is 0 Å². The Bertz CT molecular complexity index is 447. The van der Waals surface area contributed by atoms with E-state index in [1.165, 1.54) is 11.6 Å². The average molecular weight is 406 g/mol. The van der Waals surface area contributed by atoms with Crippen molar-refractivity contribution in [1.82, 2.24) is 11.1 Å². The normalized spacial score (nSPS) is 13.4. The van der Waals surface area contributed by atoms with Crippen molar-refractivity contribution in [2.45, 2.75) is 17.3 Å². The molecular formula is C13H26Cl2N3O5P. The summed E-state index contributed by atoms with van der Waals surface area (Å²) in [6.45, 7) is 9.07. The number of amides is 1. The average Bonchev–Trinajstić information content (AvgIpc) is 2.43. The summed E-state index contributed by atoms with van der Waals surface area (Å²) in [5.41, 5.74) is 5.09. The van der Waals surface area contributed by atoms with E-state index in [1.807, 2.05) is 0 Å². The molecule has 7 N–H and O–H groups in total. The Kier molecular flexibility index (Phi) is 16.8. The molecular weight excluding hydrogens is 380 g/mol. The van der Waals surface area contributed by atoms with E-state index in [2.05, 4.69) is 13.2 Å². The van der Waals surface area contributed by atoms with E-state index < -0.39 is 24.2 Å². The minimum absolute atomic E-state index is 0. The molecule has 0 spiro atoms. The molecule has 24 heavy (non-hydrogen) atoms. The minimum atomic E-state index is -3.10. The molecule has 0 rings (SSSR count). The molecule has 0 aromatic rings. The van der Waals surface area contributed by atoms with Crippen LogP contribution in [-0.2, 0) is 14.2 Å². The maximum atomic E-state index is 11.2. The van der Waals surface area contributed by atoms with Gasteiger partial charge in [0.2, 0.25) is 0 Å². The Labute approximate surface area is 152 Å². The fourth-order valence-electron chi connectivity index (χ4n) is 1.21. The van der Waals surface area contributed by atoms with Crippen LogP contribution in [0.15, 0.2) is 25.3 Å². The van der Waals surface area contributed by atoms with Gasteiger partial charge in [0.05, 0.1) is 0 Å². The van der Waals surface area contributed by atoms with Crippen LogP contribution < -0.4 is 11.9 Å². The van der Waals surface area contributed by atoms with Crippen molar-refractivity contribution in [1.29, 1.82) is 0 Å². The third-order valence-corrected chi connectivity index (χ3v) is 3.83. The molecule has 0 radical (unpaired) electrons. The summed E-state index contributed by atoms with van der Waals surface area (Å²) in [5.74, 6) is -1.46. The predicted molar refractivity (Wildman–Crippen MR) is 98.3 cm³/mol. The van der Waals surface area contributed by atoms with Gasteiger partial charge < -0.3 is 26.8 Å². The predicted octanol–water partition coefficient (Wildman–Crippen LogP) is 1.84. The number of aliphatic carboxylic acids is 1. The van der Waals surface area contributed by atoms with E-state index in [9.17, 15) is 14.2 Å². The van der Waals surface area contributed by atoms with E-state index >= 15 is 0 Å². The quantitative estimate of drug-likeness (QED) is 0.259. The second-order valence-electron chi connectivity index (χ2n) is 4.63. The van der Waals surface area contributed by atoms with E-state index in [4.69, 9.17) is 38.9 Å². The van der Waals surface area contributed by atoms with Crippen molar-refractivity contribution in [2.75, 3.05) is 25.9 Å². The number of nitrogens with zero attached hydrogens (tertiary/aromatic N) is 1. The smallest absolute Gasteiger partial charge is 0.320 e. The van der Waals surface area contributed by atoms with Crippen molar-refractivity contribution in [3.05, 3.63) is 25.3 Å². The van der Waals surface area contributed by atoms with Gasteiger partial charge in [-0.2, -0.15) is 0 Å². The highest BCUT2D eigenvalue weighted by atomic mass is 35.5. The molecule has 0 aliphatic heterocycles. The molecule has 0 aliphatic carbocycles. The Balaban J connectivity index is -0.000000354. The van der Waals surface area contributed by atoms with Gasteiger partial charge in [-0.1, -0.05) is 35.4 Å². The number of hydrogen-bond donors (Lipinski definition) is 4. The van der Waals surface area contributed by atoms with Crippen LogP contribution >= 0.6 is 30.6 Å². The first-order chi connectivity index (χ1) is 10.5. The summed E-state index contributed by atoms with van der Waals surface area (Å²) >= 11 is 10.8. The third-order valence-electron chi connectivity index (χ3n) is 2.37. The van der Waals surface area contributed by atoms with Gasteiger partial charge in [-0.25, -0.2) is 0 Å². The number of carbonyl (C=O) groups excluding carboxylic acids is 1. The lowest BCUT2D eigenvalue weighted by Gasteiger charge is -2.19. The first kappa shape index (κ1) is 27.9. The number of carboxylic acid groups (broad SMARTS) is 1. The van der Waals surface area contributed by atoms with E-state index in [0.29, 0.717) is 13.1 Å². The second-order valence-corrected chi connectivity index (χ2v) is 8.27. The highest BCUT2D eigenvalue weighted by Crippen LogP contribution is 2.35. The van der Waals surface area contributed by atoms with Gasteiger partial charge in [-0.05, 0) is 6.42 Å². The van der Waals surface area contributed by atoms with Crippen LogP contribution in [0.2, 0.25) is 0 Å². The maximum Gasteiger partial charge on any atom is 0.320 e. The fraction of sp³-hybridized carbons (Fsp3) is 0.538. The number of rotatable bonds is 9. The van der Waals surface area contributed by atoms with Crippen molar-refractivity contribution in [3.63, 3.8) is 0 Å². The number of carboxylic acids is 1. The molecule has 0 bridgehead atoms. The lowest BCUT2D eigenvalue weighted by Crippen LogP contribution is -2.35. The lowest BCUT2D eigenvalue weighted by atomic mass is 10.2. The van der Waals surface area contributed by atoms with Gasteiger partial charge in [0, 0.05) is 25.9 Å². The van der Waals surface area contributed by atoms with Crippen LogP contribution in [0.5, 0.6) is 0 Å². The molecule has 0 heterocycles. The molecule has 1 amide bonds. The third kappa shape index (κ3) is 16.0. The van der Waals surface area contributed by atoms with Crippen LogP contribution in [-0.4, -0.2) is 63.6 Å². The fourth-order valence-corrected chi connectivity index (χ4v) is 2.24. The summed E-state index contributed by atoms with van der Waals surface area (Å²) in [5, 5.41) is 8.28.